The molecule has 1 aromatic heterocycles. The summed E-state index contributed by atoms with van der Waals surface area (Å²) in [6, 6.07) is 3.79. The molecule has 0 amide bonds. The van der Waals surface area contributed by atoms with Crippen molar-refractivity contribution in [2.45, 2.75) is 38.2 Å². The van der Waals surface area contributed by atoms with Gasteiger partial charge in [-0.1, -0.05) is 6.92 Å². The Hall–Kier alpha value is -0.650. The highest BCUT2D eigenvalue weighted by Crippen LogP contribution is 2.27. The number of likely N-dealkylation sites (N-methyl/N-ethyl adjacent to an activating group) is 1. The average Bonchev–Trinajstić information content (AvgIpc) is 3.05. The van der Waals surface area contributed by atoms with E-state index in [0.29, 0.717) is 21.9 Å². The lowest BCUT2D eigenvalue weighted by Crippen LogP contribution is -2.33. The number of nitrogens with zero attached hydrogens (tertiary/aromatic N) is 3. The third-order valence-corrected chi connectivity index (χ3v) is 5.13. The molecule has 3 rings (SSSR count). The van der Waals surface area contributed by atoms with Crippen LogP contribution in [0.2, 0.25) is 0 Å². The predicted molar refractivity (Wildman–Crippen MR) is 87.2 cm³/mol. The molecule has 0 N–H and O–H groups in total. The number of benzene rings is 1. The minimum Gasteiger partial charge on any atom is -0.325 e. The Labute approximate surface area is 137 Å². The van der Waals surface area contributed by atoms with Crippen molar-refractivity contribution in [2.75, 3.05) is 13.1 Å². The van der Waals surface area contributed by atoms with Crippen LogP contribution in [-0.4, -0.2) is 33.6 Å². The van der Waals surface area contributed by atoms with Crippen molar-refractivity contribution >= 4 is 38.6 Å². The van der Waals surface area contributed by atoms with Gasteiger partial charge in [0.15, 0.2) is 0 Å². The number of likely N-dealkylation sites (tertiary alicyclic amines) is 1. The van der Waals surface area contributed by atoms with E-state index in [0.717, 1.165) is 31.0 Å². The van der Waals surface area contributed by atoms with Crippen LogP contribution >= 0.6 is 27.5 Å². The summed E-state index contributed by atoms with van der Waals surface area (Å²) in [7, 11) is 0. The van der Waals surface area contributed by atoms with Crippen molar-refractivity contribution in [3.8, 4) is 0 Å². The molecule has 0 saturated carbocycles. The van der Waals surface area contributed by atoms with E-state index >= 15 is 0 Å². The van der Waals surface area contributed by atoms with Crippen LogP contribution in [0.15, 0.2) is 16.6 Å². The van der Waals surface area contributed by atoms with Gasteiger partial charge in [0.1, 0.15) is 11.6 Å². The van der Waals surface area contributed by atoms with E-state index in [-0.39, 0.29) is 5.82 Å². The molecule has 1 aliphatic heterocycles. The van der Waals surface area contributed by atoms with Gasteiger partial charge >= 0.3 is 0 Å². The van der Waals surface area contributed by atoms with Gasteiger partial charge < -0.3 is 4.57 Å². The second-order valence-corrected chi connectivity index (χ2v) is 6.57. The molecule has 0 spiro atoms. The van der Waals surface area contributed by atoms with Gasteiger partial charge in [-0.3, -0.25) is 4.90 Å². The molecule has 1 fully saturated rings. The number of rotatable bonds is 4. The first-order chi connectivity index (χ1) is 10.1. The summed E-state index contributed by atoms with van der Waals surface area (Å²) in [5, 5.41) is 0. The lowest BCUT2D eigenvalue weighted by Gasteiger charge is -2.24. The van der Waals surface area contributed by atoms with Gasteiger partial charge in [0, 0.05) is 18.7 Å². The van der Waals surface area contributed by atoms with Crippen LogP contribution in [0.5, 0.6) is 0 Å². The van der Waals surface area contributed by atoms with Crippen LogP contribution < -0.4 is 0 Å². The van der Waals surface area contributed by atoms with E-state index in [1.165, 1.54) is 18.9 Å². The predicted octanol–water partition coefficient (Wildman–Crippen LogP) is 4.16. The molecule has 1 aromatic carbocycles. The number of halogens is 3. The van der Waals surface area contributed by atoms with Crippen molar-refractivity contribution in [3.63, 3.8) is 0 Å². The minimum atomic E-state index is -0.288. The van der Waals surface area contributed by atoms with Crippen molar-refractivity contribution < 1.29 is 4.39 Å². The molecular formula is C15H18BrClFN3. The first-order valence-electron chi connectivity index (χ1n) is 7.28. The Morgan fingerprint density at radius 2 is 2.29 bits per heavy atom. The highest BCUT2D eigenvalue weighted by atomic mass is 79.9. The number of alkyl halides is 1. The van der Waals surface area contributed by atoms with Gasteiger partial charge in [-0.25, -0.2) is 9.37 Å². The lowest BCUT2D eigenvalue weighted by atomic mass is 10.2. The number of hydrogen-bond donors (Lipinski definition) is 0. The zero-order valence-electron chi connectivity index (χ0n) is 12.0. The molecule has 2 aromatic rings. The Bertz CT molecular complexity index is 658. The molecule has 6 heteroatoms. The van der Waals surface area contributed by atoms with Gasteiger partial charge in [-0.15, -0.1) is 11.6 Å². The van der Waals surface area contributed by atoms with E-state index in [4.69, 9.17) is 11.6 Å². The van der Waals surface area contributed by atoms with E-state index < -0.39 is 0 Å². The van der Waals surface area contributed by atoms with Crippen molar-refractivity contribution in [1.82, 2.24) is 14.5 Å². The third kappa shape index (κ3) is 2.83. The van der Waals surface area contributed by atoms with Gasteiger partial charge in [0.25, 0.3) is 0 Å². The highest BCUT2D eigenvalue weighted by molar-refractivity contribution is 9.10. The van der Waals surface area contributed by atoms with Gasteiger partial charge in [-0.2, -0.15) is 0 Å². The zero-order valence-corrected chi connectivity index (χ0v) is 14.3. The number of fused-ring (bicyclic) bond motifs is 1. The fourth-order valence-electron chi connectivity index (χ4n) is 3.20. The van der Waals surface area contributed by atoms with Crippen LogP contribution in [-0.2, 0) is 12.4 Å². The fraction of sp³-hybridized carbons (Fsp3) is 0.533. The van der Waals surface area contributed by atoms with Gasteiger partial charge in [0.05, 0.1) is 21.4 Å². The second kappa shape index (κ2) is 6.23. The molecular weight excluding hydrogens is 357 g/mol. The monoisotopic (exact) mass is 373 g/mol. The van der Waals surface area contributed by atoms with Crippen molar-refractivity contribution in [2.24, 2.45) is 0 Å². The molecule has 1 aliphatic rings. The van der Waals surface area contributed by atoms with E-state index in [9.17, 15) is 4.39 Å². The standard InChI is InChI=1S/C15H18BrClFN3/c1-2-20-5-3-4-10(20)9-21-14-6-11(16)12(18)7-13(14)19-15(21)8-17/h6-7,10H,2-5,8-9H2,1H3. The van der Waals surface area contributed by atoms with Crippen LogP contribution in [0.25, 0.3) is 11.0 Å². The number of aromatic nitrogens is 2. The summed E-state index contributed by atoms with van der Waals surface area (Å²) in [6.45, 7) is 5.28. The Balaban J connectivity index is 2.01. The van der Waals surface area contributed by atoms with Crippen LogP contribution in [0.1, 0.15) is 25.6 Å². The maximum atomic E-state index is 13.7. The summed E-state index contributed by atoms with van der Waals surface area (Å²) in [6.07, 6.45) is 2.43. The molecule has 21 heavy (non-hydrogen) atoms. The first kappa shape index (κ1) is 15.3. The Kier molecular flexibility index (Phi) is 4.52. The lowest BCUT2D eigenvalue weighted by molar-refractivity contribution is 0.245. The Morgan fingerprint density at radius 1 is 1.48 bits per heavy atom. The molecule has 1 unspecified atom stereocenters. The van der Waals surface area contributed by atoms with Crippen LogP contribution in [0, 0.1) is 5.82 Å². The largest absolute Gasteiger partial charge is 0.325 e. The zero-order chi connectivity index (χ0) is 15.0. The molecule has 1 atom stereocenters. The smallest absolute Gasteiger partial charge is 0.139 e. The molecule has 0 radical (unpaired) electrons. The molecule has 0 aliphatic carbocycles. The summed E-state index contributed by atoms with van der Waals surface area (Å²) in [5.74, 6) is 0.865. The number of imidazole rings is 1. The SMILES string of the molecule is CCN1CCCC1Cn1c(CCl)nc2cc(F)c(Br)cc21. The second-order valence-electron chi connectivity index (χ2n) is 5.45. The van der Waals surface area contributed by atoms with Crippen molar-refractivity contribution in [1.29, 1.82) is 0 Å². The first-order valence-corrected chi connectivity index (χ1v) is 8.61. The summed E-state index contributed by atoms with van der Waals surface area (Å²) >= 11 is 9.30. The third-order valence-electron chi connectivity index (χ3n) is 4.29. The highest BCUT2D eigenvalue weighted by Gasteiger charge is 2.25. The molecule has 114 valence electrons. The molecule has 0 bridgehead atoms. The summed E-state index contributed by atoms with van der Waals surface area (Å²) in [5.41, 5.74) is 1.62. The van der Waals surface area contributed by atoms with Crippen LogP contribution in [0.4, 0.5) is 4.39 Å². The molecule has 3 nitrogen and oxygen atoms in total. The van der Waals surface area contributed by atoms with E-state index in [1.54, 1.807) is 6.07 Å². The van der Waals surface area contributed by atoms with Gasteiger partial charge in [-0.05, 0) is 47.9 Å². The topological polar surface area (TPSA) is 21.1 Å². The fourth-order valence-corrected chi connectivity index (χ4v) is 3.74. The average molecular weight is 375 g/mol. The quantitative estimate of drug-likeness (QED) is 0.749. The molecule has 2 heterocycles. The minimum absolute atomic E-state index is 0.288. The van der Waals surface area contributed by atoms with Crippen molar-refractivity contribution in [3.05, 3.63) is 28.2 Å². The maximum Gasteiger partial charge on any atom is 0.139 e. The summed E-state index contributed by atoms with van der Waals surface area (Å²) in [4.78, 5) is 6.97. The normalized spacial score (nSPS) is 19.7. The Morgan fingerprint density at radius 3 is 3.00 bits per heavy atom. The van der Waals surface area contributed by atoms with E-state index in [1.807, 2.05) is 0 Å². The maximum absolute atomic E-state index is 13.7. The van der Waals surface area contributed by atoms with Crippen LogP contribution in [0.3, 0.4) is 0 Å². The van der Waals surface area contributed by atoms with Gasteiger partial charge in [0.2, 0.25) is 0 Å². The summed E-state index contributed by atoms with van der Waals surface area (Å²) < 4.78 is 16.3. The van der Waals surface area contributed by atoms with E-state index in [2.05, 4.69) is 37.3 Å². The number of hydrogen-bond acceptors (Lipinski definition) is 2. The molecule has 1 saturated heterocycles.